The first-order valence-corrected chi connectivity index (χ1v) is 17.5. The Morgan fingerprint density at radius 3 is 2.40 bits per heavy atom. The van der Waals surface area contributed by atoms with Gasteiger partial charge in [-0.1, -0.05) is 62.7 Å². The minimum atomic E-state index is -0.413. The van der Waals surface area contributed by atoms with Crippen LogP contribution in [0.15, 0.2) is 85.1 Å². The van der Waals surface area contributed by atoms with E-state index in [-0.39, 0.29) is 30.1 Å². The zero-order valence-corrected chi connectivity index (χ0v) is 30.1. The maximum absolute atomic E-state index is 13.4. The van der Waals surface area contributed by atoms with Crippen LogP contribution in [0.1, 0.15) is 44.1 Å². The van der Waals surface area contributed by atoms with E-state index in [0.29, 0.717) is 54.9 Å². The van der Waals surface area contributed by atoms with Crippen molar-refractivity contribution in [2.75, 3.05) is 50.0 Å². The molecule has 0 aliphatic carbocycles. The highest BCUT2D eigenvalue weighted by molar-refractivity contribution is 6.07. The van der Waals surface area contributed by atoms with E-state index in [9.17, 15) is 14.4 Å². The lowest BCUT2D eigenvalue weighted by atomic mass is 9.92. The number of aromatic nitrogens is 3. The second kappa shape index (κ2) is 16.2. The van der Waals surface area contributed by atoms with Crippen molar-refractivity contribution in [3.8, 4) is 17.2 Å². The summed E-state index contributed by atoms with van der Waals surface area (Å²) in [5.41, 5.74) is 3.73. The van der Waals surface area contributed by atoms with Crippen LogP contribution in [0.25, 0.3) is 16.5 Å². The first-order chi connectivity index (χ1) is 25.0. The molecular weight excluding hydrogens is 658 g/mol. The van der Waals surface area contributed by atoms with E-state index in [1.807, 2.05) is 61.5 Å². The number of anilines is 2. The summed E-state index contributed by atoms with van der Waals surface area (Å²) < 4.78 is 13.4. The molecule has 3 amide bonds. The normalized spacial score (nSPS) is 13.5. The van der Waals surface area contributed by atoms with Gasteiger partial charge >= 0.3 is 6.03 Å². The van der Waals surface area contributed by atoms with Crippen molar-refractivity contribution in [2.45, 2.75) is 46.0 Å². The van der Waals surface area contributed by atoms with Crippen molar-refractivity contribution in [3.05, 3.63) is 102 Å². The molecule has 52 heavy (non-hydrogen) atoms. The Morgan fingerprint density at radius 1 is 0.904 bits per heavy atom. The third-order valence-corrected chi connectivity index (χ3v) is 8.77. The third-order valence-electron chi connectivity index (χ3n) is 8.77. The number of fused-ring (bicyclic) bond motifs is 1. The van der Waals surface area contributed by atoms with Crippen molar-refractivity contribution in [1.29, 1.82) is 0 Å². The number of urea groups is 1. The molecule has 5 aromatic rings. The number of nitrogens with one attached hydrogen (secondary N) is 3. The number of Topliss-reactive ketones (excluding diaryl/α,β-unsaturated/α-hetero) is 1. The molecule has 3 N–H and O–H groups in total. The van der Waals surface area contributed by atoms with Crippen LogP contribution in [0.5, 0.6) is 11.5 Å². The predicted octanol–water partition coefficient (Wildman–Crippen LogP) is 6.41. The smallest absolute Gasteiger partial charge is 0.324 e. The van der Waals surface area contributed by atoms with Gasteiger partial charge in [0.05, 0.1) is 48.9 Å². The van der Waals surface area contributed by atoms with Crippen LogP contribution in [0.3, 0.4) is 0 Å². The van der Waals surface area contributed by atoms with Crippen molar-refractivity contribution in [1.82, 2.24) is 25.0 Å². The zero-order chi connectivity index (χ0) is 36.7. The Kier molecular flexibility index (Phi) is 11.3. The van der Waals surface area contributed by atoms with E-state index in [4.69, 9.17) is 14.6 Å². The van der Waals surface area contributed by atoms with Crippen LogP contribution in [0.4, 0.5) is 16.3 Å². The van der Waals surface area contributed by atoms with Gasteiger partial charge in [0.1, 0.15) is 17.3 Å². The van der Waals surface area contributed by atoms with Gasteiger partial charge in [-0.25, -0.2) is 9.48 Å². The maximum atomic E-state index is 13.4. The average molecular weight is 704 g/mol. The van der Waals surface area contributed by atoms with Gasteiger partial charge in [-0.2, -0.15) is 5.10 Å². The number of ether oxygens (including phenoxy) is 2. The molecular formula is C40H45N7O5. The summed E-state index contributed by atoms with van der Waals surface area (Å²) >= 11 is 0. The zero-order valence-electron chi connectivity index (χ0n) is 30.1. The quantitative estimate of drug-likeness (QED) is 0.135. The summed E-state index contributed by atoms with van der Waals surface area (Å²) in [5.74, 6) is 1.32. The molecule has 2 aromatic heterocycles. The number of hydrogen-bond donors (Lipinski definition) is 3. The fourth-order valence-corrected chi connectivity index (χ4v) is 5.84. The first kappa shape index (κ1) is 36.2. The van der Waals surface area contributed by atoms with Crippen LogP contribution in [0, 0.1) is 6.92 Å². The highest BCUT2D eigenvalue weighted by Crippen LogP contribution is 2.35. The number of ketones is 1. The molecule has 0 radical (unpaired) electrons. The molecule has 1 aliphatic rings. The molecule has 1 aliphatic heterocycles. The summed E-state index contributed by atoms with van der Waals surface area (Å²) in [6, 6.07) is 24.1. The molecule has 12 nitrogen and oxygen atoms in total. The minimum Gasteiger partial charge on any atom is -0.457 e. The number of amides is 3. The number of aryl methyl sites for hydroxylation is 1. The molecule has 0 bridgehead atoms. The van der Waals surface area contributed by atoms with E-state index >= 15 is 0 Å². The molecule has 1 fully saturated rings. The van der Waals surface area contributed by atoms with Crippen molar-refractivity contribution in [2.24, 2.45) is 0 Å². The van der Waals surface area contributed by atoms with Crippen LogP contribution in [0.2, 0.25) is 0 Å². The monoisotopic (exact) mass is 703 g/mol. The molecule has 6 rings (SSSR count). The Bertz CT molecular complexity index is 2050. The Labute approximate surface area is 303 Å². The van der Waals surface area contributed by atoms with Gasteiger partial charge in [-0.15, -0.1) is 0 Å². The lowest BCUT2D eigenvalue weighted by Gasteiger charge is -2.26. The van der Waals surface area contributed by atoms with Crippen LogP contribution in [-0.4, -0.2) is 76.8 Å². The van der Waals surface area contributed by atoms with Gasteiger partial charge in [0.25, 0.3) is 0 Å². The lowest BCUT2D eigenvalue weighted by Crippen LogP contribution is -2.39. The van der Waals surface area contributed by atoms with Gasteiger partial charge in [0.2, 0.25) is 5.91 Å². The summed E-state index contributed by atoms with van der Waals surface area (Å²) in [6.07, 6.45) is 1.98. The fourth-order valence-electron chi connectivity index (χ4n) is 5.84. The SMILES string of the molecule is Cc1ccc(-n2nc(C(C)(C)C)cc2NC(=O)Nc2ccc(Oc3ccnc(CC(=O)CNC(=O)CCN4CCOCC4)c3)c3ccccc23)cc1. The molecule has 0 spiro atoms. The van der Waals surface area contributed by atoms with Crippen molar-refractivity contribution in [3.63, 3.8) is 0 Å². The number of rotatable bonds is 12. The molecule has 0 atom stereocenters. The average Bonchev–Trinajstić information content (AvgIpc) is 3.56. The standard InChI is InChI=1S/C40H45N7O5/c1-27-9-11-29(12-10-27)47-37(25-36(45-47)40(2,3)4)44-39(50)43-34-13-14-35(33-8-6-5-7-32(33)34)52-31-15-17-41-28(24-31)23-30(48)26-42-38(49)16-18-46-19-21-51-22-20-46/h5-15,17,24-25H,16,18-23,26H2,1-4H3,(H,42,49)(H2,43,44,50). The number of carbonyl (C=O) groups excluding carboxylic acids is 3. The molecule has 3 heterocycles. The fraction of sp³-hybridized carbons (Fsp3) is 0.325. The first-order valence-electron chi connectivity index (χ1n) is 17.5. The third kappa shape index (κ3) is 9.39. The summed E-state index contributed by atoms with van der Waals surface area (Å²) in [6.45, 7) is 11.8. The van der Waals surface area contributed by atoms with Gasteiger partial charge in [0.15, 0.2) is 5.78 Å². The molecule has 3 aromatic carbocycles. The number of morpholine rings is 1. The molecule has 0 unspecified atom stereocenters. The maximum Gasteiger partial charge on any atom is 0.324 e. The largest absolute Gasteiger partial charge is 0.457 e. The number of benzene rings is 3. The number of carbonyl (C=O) groups is 3. The van der Waals surface area contributed by atoms with Crippen molar-refractivity contribution < 1.29 is 23.9 Å². The topological polar surface area (TPSA) is 140 Å². The highest BCUT2D eigenvalue weighted by atomic mass is 16.5. The predicted molar refractivity (Wildman–Crippen MR) is 201 cm³/mol. The van der Waals surface area contributed by atoms with Crippen LogP contribution in [-0.2, 0) is 26.2 Å². The summed E-state index contributed by atoms with van der Waals surface area (Å²) in [7, 11) is 0. The number of nitrogens with zero attached hydrogens (tertiary/aromatic N) is 4. The van der Waals surface area contributed by atoms with Gasteiger partial charge < -0.3 is 20.1 Å². The van der Waals surface area contributed by atoms with Gasteiger partial charge in [-0.3, -0.25) is 24.8 Å². The van der Waals surface area contributed by atoms with Gasteiger partial charge in [-0.05, 0) is 37.3 Å². The van der Waals surface area contributed by atoms with Crippen LogP contribution >= 0.6 is 0 Å². The Morgan fingerprint density at radius 2 is 1.65 bits per heavy atom. The second-order valence-electron chi connectivity index (χ2n) is 13.9. The molecule has 270 valence electrons. The van der Waals surface area contributed by atoms with E-state index in [2.05, 4.69) is 46.6 Å². The second-order valence-corrected chi connectivity index (χ2v) is 13.9. The van der Waals surface area contributed by atoms with E-state index < -0.39 is 6.03 Å². The summed E-state index contributed by atoms with van der Waals surface area (Å²) in [5, 5.41) is 15.1. The van der Waals surface area contributed by atoms with E-state index in [0.717, 1.165) is 40.8 Å². The number of hydrogen-bond acceptors (Lipinski definition) is 8. The van der Waals surface area contributed by atoms with Crippen LogP contribution < -0.4 is 20.7 Å². The number of pyridine rings is 1. The molecule has 1 saturated heterocycles. The highest BCUT2D eigenvalue weighted by Gasteiger charge is 2.22. The van der Waals surface area contributed by atoms with E-state index in [1.165, 1.54) is 0 Å². The summed E-state index contributed by atoms with van der Waals surface area (Å²) in [4.78, 5) is 45.0. The van der Waals surface area contributed by atoms with E-state index in [1.54, 1.807) is 35.1 Å². The van der Waals surface area contributed by atoms with Gasteiger partial charge in [0, 0.05) is 60.6 Å². The molecule has 0 saturated carbocycles. The Balaban J connectivity index is 1.10. The molecule has 12 heteroatoms. The lowest BCUT2D eigenvalue weighted by molar-refractivity contribution is -0.125. The minimum absolute atomic E-state index is 0.0553. The Hall–Kier alpha value is -5.59. The van der Waals surface area contributed by atoms with Crippen molar-refractivity contribution >= 4 is 40.0 Å².